The summed E-state index contributed by atoms with van der Waals surface area (Å²) in [6.45, 7) is 3.05. The minimum Gasteiger partial charge on any atom is -0.378 e. The second kappa shape index (κ2) is 7.71. The molecule has 2 heterocycles. The van der Waals surface area contributed by atoms with Gasteiger partial charge in [-0.15, -0.1) is 0 Å². The Bertz CT molecular complexity index is 643. The first kappa shape index (κ1) is 15.5. The van der Waals surface area contributed by atoms with Gasteiger partial charge in [-0.25, -0.2) is 10.5 Å². The Morgan fingerprint density at radius 2 is 1.96 bits per heavy atom. The van der Waals surface area contributed by atoms with Gasteiger partial charge in [-0.3, -0.25) is 9.63 Å². The zero-order valence-electron chi connectivity index (χ0n) is 12.8. The third-order valence-corrected chi connectivity index (χ3v) is 3.59. The molecule has 120 valence electrons. The van der Waals surface area contributed by atoms with Crippen LogP contribution in [0.1, 0.15) is 15.9 Å². The summed E-state index contributed by atoms with van der Waals surface area (Å²) >= 11 is 0. The van der Waals surface area contributed by atoms with Crippen molar-refractivity contribution in [2.24, 2.45) is 0 Å². The first-order valence-electron chi connectivity index (χ1n) is 7.58. The van der Waals surface area contributed by atoms with Crippen molar-refractivity contribution in [1.82, 2.24) is 10.5 Å². The molecule has 1 aromatic heterocycles. The Morgan fingerprint density at radius 3 is 2.74 bits per heavy atom. The summed E-state index contributed by atoms with van der Waals surface area (Å²) in [5.74, 6) is 0.368. The first-order chi connectivity index (χ1) is 11.3. The molecule has 1 N–H and O–H groups in total. The molecule has 0 aliphatic carbocycles. The molecule has 1 aliphatic heterocycles. The van der Waals surface area contributed by atoms with E-state index in [-0.39, 0.29) is 5.91 Å². The summed E-state index contributed by atoms with van der Waals surface area (Å²) in [6.07, 6.45) is 1.69. The average molecular weight is 313 g/mol. The zero-order chi connectivity index (χ0) is 15.9. The smallest absolute Gasteiger partial charge is 0.278 e. The van der Waals surface area contributed by atoms with E-state index in [2.05, 4.69) is 15.4 Å². The Morgan fingerprint density at radius 1 is 1.17 bits per heavy atom. The van der Waals surface area contributed by atoms with E-state index in [1.807, 2.05) is 30.3 Å². The molecule has 1 aliphatic rings. The van der Waals surface area contributed by atoms with Gasteiger partial charge in [-0.05, 0) is 17.7 Å². The molecule has 0 bridgehead atoms. The Hall–Kier alpha value is -2.44. The topological polar surface area (TPSA) is 63.7 Å². The molecule has 1 amide bonds. The highest BCUT2D eigenvalue weighted by Crippen LogP contribution is 2.18. The van der Waals surface area contributed by atoms with E-state index in [0.717, 1.165) is 18.7 Å². The van der Waals surface area contributed by atoms with Crippen LogP contribution >= 0.6 is 0 Å². The lowest BCUT2D eigenvalue weighted by atomic mass is 10.2. The number of hydrogen-bond donors (Lipinski definition) is 1. The van der Waals surface area contributed by atoms with Gasteiger partial charge in [-0.2, -0.15) is 0 Å². The maximum atomic E-state index is 12.4. The molecule has 1 fully saturated rings. The van der Waals surface area contributed by atoms with Crippen molar-refractivity contribution in [3.05, 3.63) is 59.8 Å². The third-order valence-electron chi connectivity index (χ3n) is 3.59. The van der Waals surface area contributed by atoms with E-state index >= 15 is 0 Å². The summed E-state index contributed by atoms with van der Waals surface area (Å²) in [6, 6.07) is 13.2. The monoisotopic (exact) mass is 313 g/mol. The van der Waals surface area contributed by atoms with Crippen LogP contribution < -0.4 is 10.4 Å². The normalized spacial score (nSPS) is 14.5. The highest BCUT2D eigenvalue weighted by Gasteiger charge is 2.19. The number of rotatable bonds is 5. The first-order valence-corrected chi connectivity index (χ1v) is 7.58. The molecule has 6 nitrogen and oxygen atoms in total. The molecule has 0 atom stereocenters. The van der Waals surface area contributed by atoms with Crippen molar-refractivity contribution in [3.8, 4) is 0 Å². The standard InChI is InChI=1S/C17H19N3O3/c21-17(19-23-13-14-5-2-1-3-6-14)15-7-4-8-18-16(15)20-9-11-22-12-10-20/h1-8H,9-13H2,(H,19,21). The van der Waals surface area contributed by atoms with Gasteiger partial charge in [0.25, 0.3) is 5.91 Å². The van der Waals surface area contributed by atoms with E-state index in [1.165, 1.54) is 0 Å². The van der Waals surface area contributed by atoms with Crippen molar-refractivity contribution in [1.29, 1.82) is 0 Å². The number of carbonyl (C=O) groups excluding carboxylic acids is 1. The molecule has 3 rings (SSSR count). The van der Waals surface area contributed by atoms with Crippen LogP contribution in [0.25, 0.3) is 0 Å². The SMILES string of the molecule is O=C(NOCc1ccccc1)c1cccnc1N1CCOCC1. The summed E-state index contributed by atoms with van der Waals surface area (Å²) < 4.78 is 5.34. The predicted molar refractivity (Wildman–Crippen MR) is 86.0 cm³/mol. The van der Waals surface area contributed by atoms with Crippen LogP contribution in [0.2, 0.25) is 0 Å². The molecule has 0 spiro atoms. The number of pyridine rings is 1. The molecule has 0 radical (unpaired) electrons. The molecule has 0 saturated carbocycles. The number of benzene rings is 1. The highest BCUT2D eigenvalue weighted by atomic mass is 16.6. The molecular formula is C17H19N3O3. The number of hydrogen-bond acceptors (Lipinski definition) is 5. The largest absolute Gasteiger partial charge is 0.378 e. The summed E-state index contributed by atoms with van der Waals surface area (Å²) in [5.41, 5.74) is 3.99. The van der Waals surface area contributed by atoms with Crippen LogP contribution in [-0.4, -0.2) is 37.2 Å². The Kier molecular flexibility index (Phi) is 5.18. The second-order valence-corrected chi connectivity index (χ2v) is 5.18. The van der Waals surface area contributed by atoms with Crippen LogP contribution in [0.5, 0.6) is 0 Å². The fraction of sp³-hybridized carbons (Fsp3) is 0.294. The van der Waals surface area contributed by atoms with E-state index in [1.54, 1.807) is 18.3 Å². The number of anilines is 1. The van der Waals surface area contributed by atoms with Crippen molar-refractivity contribution in [2.45, 2.75) is 6.61 Å². The van der Waals surface area contributed by atoms with Crippen LogP contribution in [0, 0.1) is 0 Å². The van der Waals surface area contributed by atoms with Crippen LogP contribution in [0.3, 0.4) is 0 Å². The highest BCUT2D eigenvalue weighted by molar-refractivity contribution is 5.98. The molecular weight excluding hydrogens is 294 g/mol. The maximum absolute atomic E-state index is 12.4. The fourth-order valence-corrected chi connectivity index (χ4v) is 2.42. The predicted octanol–water partition coefficient (Wildman–Crippen LogP) is 1.78. The molecule has 6 heteroatoms. The van der Waals surface area contributed by atoms with Gasteiger partial charge in [0.2, 0.25) is 0 Å². The lowest BCUT2D eigenvalue weighted by Crippen LogP contribution is -2.38. The molecule has 0 unspecified atom stereocenters. The Balaban J connectivity index is 1.62. The van der Waals surface area contributed by atoms with Gasteiger partial charge in [0.1, 0.15) is 5.82 Å². The number of hydroxylamine groups is 1. The number of amides is 1. The van der Waals surface area contributed by atoms with E-state index in [0.29, 0.717) is 31.2 Å². The lowest BCUT2D eigenvalue weighted by Gasteiger charge is -2.29. The number of ether oxygens (including phenoxy) is 1. The van der Waals surface area contributed by atoms with Crippen LogP contribution in [0.15, 0.2) is 48.7 Å². The van der Waals surface area contributed by atoms with Gasteiger partial charge in [0.05, 0.1) is 25.4 Å². The van der Waals surface area contributed by atoms with Gasteiger partial charge < -0.3 is 9.64 Å². The van der Waals surface area contributed by atoms with Crippen LogP contribution in [0.4, 0.5) is 5.82 Å². The molecule has 1 saturated heterocycles. The lowest BCUT2D eigenvalue weighted by molar-refractivity contribution is 0.0233. The third kappa shape index (κ3) is 4.06. The van der Waals surface area contributed by atoms with Gasteiger partial charge >= 0.3 is 0 Å². The quantitative estimate of drug-likeness (QED) is 0.853. The van der Waals surface area contributed by atoms with Gasteiger partial charge in [-0.1, -0.05) is 30.3 Å². The van der Waals surface area contributed by atoms with Crippen LogP contribution in [-0.2, 0) is 16.2 Å². The van der Waals surface area contributed by atoms with E-state index in [9.17, 15) is 4.79 Å². The van der Waals surface area contributed by atoms with Gasteiger partial charge in [0.15, 0.2) is 0 Å². The number of carbonyl (C=O) groups is 1. The maximum Gasteiger partial charge on any atom is 0.278 e. The number of nitrogens with one attached hydrogen (secondary N) is 1. The fourth-order valence-electron chi connectivity index (χ4n) is 2.42. The molecule has 1 aromatic carbocycles. The summed E-state index contributed by atoms with van der Waals surface area (Å²) in [5, 5.41) is 0. The number of aromatic nitrogens is 1. The minimum absolute atomic E-state index is 0.296. The average Bonchev–Trinajstić information content (AvgIpc) is 2.63. The van der Waals surface area contributed by atoms with Crippen molar-refractivity contribution in [3.63, 3.8) is 0 Å². The number of morpholine rings is 1. The Labute approximate surface area is 135 Å². The van der Waals surface area contributed by atoms with E-state index < -0.39 is 0 Å². The van der Waals surface area contributed by atoms with Gasteiger partial charge in [0, 0.05) is 19.3 Å². The number of nitrogens with zero attached hydrogens (tertiary/aromatic N) is 2. The van der Waals surface area contributed by atoms with Crippen molar-refractivity contribution < 1.29 is 14.4 Å². The zero-order valence-corrected chi connectivity index (χ0v) is 12.8. The van der Waals surface area contributed by atoms with E-state index in [4.69, 9.17) is 9.57 Å². The van der Waals surface area contributed by atoms with Crippen molar-refractivity contribution >= 4 is 11.7 Å². The molecule has 2 aromatic rings. The van der Waals surface area contributed by atoms with Crippen molar-refractivity contribution in [2.75, 3.05) is 31.2 Å². The minimum atomic E-state index is -0.296. The second-order valence-electron chi connectivity index (χ2n) is 5.18. The summed E-state index contributed by atoms with van der Waals surface area (Å²) in [4.78, 5) is 24.1. The molecule has 23 heavy (non-hydrogen) atoms. The summed E-state index contributed by atoms with van der Waals surface area (Å²) in [7, 11) is 0.